The van der Waals surface area contributed by atoms with Gasteiger partial charge in [0.15, 0.2) is 0 Å². The third-order valence-corrected chi connectivity index (χ3v) is 2.61. The van der Waals surface area contributed by atoms with Crippen molar-refractivity contribution in [3.63, 3.8) is 0 Å². The molecule has 0 aliphatic heterocycles. The number of nitrogens with zero attached hydrogens (tertiary/aromatic N) is 3. The van der Waals surface area contributed by atoms with Crippen LogP contribution in [0.1, 0.15) is 16.1 Å². The van der Waals surface area contributed by atoms with Crippen LogP contribution in [-0.2, 0) is 0 Å². The number of methoxy groups -OCH3 is 2. The van der Waals surface area contributed by atoms with Crippen molar-refractivity contribution < 1.29 is 14.3 Å². The molecular formula is C14H14N4O3. The summed E-state index contributed by atoms with van der Waals surface area (Å²) in [6.45, 7) is 0. The van der Waals surface area contributed by atoms with Crippen molar-refractivity contribution in [1.82, 2.24) is 15.4 Å². The maximum atomic E-state index is 11.7. The Morgan fingerprint density at radius 1 is 1.29 bits per heavy atom. The van der Waals surface area contributed by atoms with E-state index in [1.807, 2.05) is 0 Å². The van der Waals surface area contributed by atoms with Crippen molar-refractivity contribution in [2.45, 2.75) is 0 Å². The second-order valence-corrected chi connectivity index (χ2v) is 3.90. The van der Waals surface area contributed by atoms with Gasteiger partial charge in [-0.25, -0.2) is 10.4 Å². The summed E-state index contributed by atoms with van der Waals surface area (Å²) < 4.78 is 10.3. The Balaban J connectivity index is 2.06. The predicted octanol–water partition coefficient (Wildman–Crippen LogP) is 1.26. The number of ether oxygens (including phenoxy) is 2. The van der Waals surface area contributed by atoms with Gasteiger partial charge in [-0.3, -0.25) is 9.78 Å². The van der Waals surface area contributed by atoms with Crippen LogP contribution < -0.4 is 14.9 Å². The fourth-order valence-corrected chi connectivity index (χ4v) is 1.56. The van der Waals surface area contributed by atoms with Crippen LogP contribution in [0, 0.1) is 0 Å². The number of hydrazone groups is 1. The fraction of sp³-hybridized carbons (Fsp3) is 0.143. The number of carbonyl (C=O) groups excluding carboxylic acids is 1. The van der Waals surface area contributed by atoms with E-state index in [-0.39, 0.29) is 5.69 Å². The summed E-state index contributed by atoms with van der Waals surface area (Å²) in [6, 6.07) is 5.27. The minimum atomic E-state index is -0.438. The second-order valence-electron chi connectivity index (χ2n) is 3.90. The molecule has 0 saturated carbocycles. The van der Waals surface area contributed by atoms with Crippen LogP contribution in [0.25, 0.3) is 0 Å². The molecule has 7 heteroatoms. The first-order valence-electron chi connectivity index (χ1n) is 6.06. The summed E-state index contributed by atoms with van der Waals surface area (Å²) in [4.78, 5) is 19.4. The summed E-state index contributed by atoms with van der Waals surface area (Å²) in [5.74, 6) is 0.825. The quantitative estimate of drug-likeness (QED) is 0.660. The highest BCUT2D eigenvalue weighted by Crippen LogP contribution is 2.22. The molecule has 1 aromatic heterocycles. The molecule has 7 nitrogen and oxygen atoms in total. The molecule has 0 atom stereocenters. The molecule has 0 unspecified atom stereocenters. The Kier molecular flexibility index (Phi) is 4.81. The molecule has 0 spiro atoms. The fourth-order valence-electron chi connectivity index (χ4n) is 1.56. The number of benzene rings is 1. The molecule has 0 radical (unpaired) electrons. The molecule has 2 rings (SSSR count). The normalized spacial score (nSPS) is 10.4. The van der Waals surface area contributed by atoms with Crippen LogP contribution in [0.5, 0.6) is 11.5 Å². The van der Waals surface area contributed by atoms with E-state index in [2.05, 4.69) is 20.5 Å². The van der Waals surface area contributed by atoms with Crippen molar-refractivity contribution in [3.05, 3.63) is 48.0 Å². The van der Waals surface area contributed by atoms with Crippen LogP contribution >= 0.6 is 0 Å². The summed E-state index contributed by atoms with van der Waals surface area (Å²) >= 11 is 0. The largest absolute Gasteiger partial charge is 0.497 e. The van der Waals surface area contributed by atoms with Gasteiger partial charge >= 0.3 is 0 Å². The summed E-state index contributed by atoms with van der Waals surface area (Å²) in [5, 5.41) is 3.87. The lowest BCUT2D eigenvalue weighted by molar-refractivity contribution is 0.0949. The number of hydrogen-bond donors (Lipinski definition) is 1. The van der Waals surface area contributed by atoms with Crippen molar-refractivity contribution in [3.8, 4) is 11.5 Å². The maximum absolute atomic E-state index is 11.7. The zero-order valence-electron chi connectivity index (χ0n) is 11.6. The topological polar surface area (TPSA) is 85.7 Å². The Morgan fingerprint density at radius 3 is 2.81 bits per heavy atom. The molecule has 108 valence electrons. The summed E-state index contributed by atoms with van der Waals surface area (Å²) in [6.07, 6.45) is 5.76. The lowest BCUT2D eigenvalue weighted by Gasteiger charge is -2.06. The molecule has 1 N–H and O–H groups in total. The van der Waals surface area contributed by atoms with Crippen LogP contribution in [0.2, 0.25) is 0 Å². The van der Waals surface area contributed by atoms with Crippen LogP contribution in [-0.4, -0.2) is 36.3 Å². The Hall–Kier alpha value is -2.96. The Morgan fingerprint density at radius 2 is 2.14 bits per heavy atom. The van der Waals surface area contributed by atoms with E-state index in [0.717, 1.165) is 0 Å². The molecule has 1 aromatic carbocycles. The monoisotopic (exact) mass is 286 g/mol. The highest BCUT2D eigenvalue weighted by atomic mass is 16.5. The number of hydrogen-bond acceptors (Lipinski definition) is 6. The number of amides is 1. The lowest BCUT2D eigenvalue weighted by atomic mass is 10.2. The predicted molar refractivity (Wildman–Crippen MR) is 76.6 cm³/mol. The lowest BCUT2D eigenvalue weighted by Crippen LogP contribution is -2.19. The Labute approximate surface area is 121 Å². The van der Waals surface area contributed by atoms with Crippen LogP contribution in [0.3, 0.4) is 0 Å². The molecule has 1 amide bonds. The van der Waals surface area contributed by atoms with Gasteiger partial charge in [0.1, 0.15) is 17.2 Å². The van der Waals surface area contributed by atoms with Gasteiger partial charge in [-0.2, -0.15) is 5.10 Å². The first-order valence-corrected chi connectivity index (χ1v) is 6.06. The van der Waals surface area contributed by atoms with Crippen molar-refractivity contribution in [2.75, 3.05) is 14.2 Å². The van der Waals surface area contributed by atoms with Gasteiger partial charge in [0.2, 0.25) is 0 Å². The molecule has 2 aromatic rings. The highest BCUT2D eigenvalue weighted by Gasteiger charge is 2.06. The third-order valence-electron chi connectivity index (χ3n) is 2.61. The van der Waals surface area contributed by atoms with E-state index >= 15 is 0 Å². The number of aromatic nitrogens is 2. The van der Waals surface area contributed by atoms with Crippen molar-refractivity contribution in [2.24, 2.45) is 5.10 Å². The zero-order valence-corrected chi connectivity index (χ0v) is 11.6. The van der Waals surface area contributed by atoms with E-state index < -0.39 is 5.91 Å². The van der Waals surface area contributed by atoms with E-state index in [9.17, 15) is 4.79 Å². The molecule has 0 bridgehead atoms. The van der Waals surface area contributed by atoms with E-state index in [0.29, 0.717) is 17.1 Å². The molecular weight excluding hydrogens is 272 g/mol. The first-order chi connectivity index (χ1) is 10.2. The summed E-state index contributed by atoms with van der Waals surface area (Å²) in [7, 11) is 3.12. The van der Waals surface area contributed by atoms with Crippen LogP contribution in [0.15, 0.2) is 41.9 Å². The molecule has 0 aliphatic carbocycles. The average molecular weight is 286 g/mol. The smallest absolute Gasteiger partial charge is 0.291 e. The first kappa shape index (κ1) is 14.4. The molecule has 0 fully saturated rings. The minimum absolute atomic E-state index is 0.191. The minimum Gasteiger partial charge on any atom is -0.497 e. The van der Waals surface area contributed by atoms with E-state index in [1.165, 1.54) is 24.8 Å². The van der Waals surface area contributed by atoms with Crippen molar-refractivity contribution in [1.29, 1.82) is 0 Å². The number of nitrogens with one attached hydrogen (secondary N) is 1. The van der Waals surface area contributed by atoms with Gasteiger partial charge in [-0.15, -0.1) is 0 Å². The highest BCUT2D eigenvalue weighted by molar-refractivity contribution is 5.93. The van der Waals surface area contributed by atoms with Gasteiger partial charge in [-0.1, -0.05) is 0 Å². The third kappa shape index (κ3) is 3.75. The van der Waals surface area contributed by atoms with E-state index in [4.69, 9.17) is 9.47 Å². The van der Waals surface area contributed by atoms with Gasteiger partial charge in [0.05, 0.1) is 26.6 Å². The Bertz CT molecular complexity index is 644. The number of carbonyl (C=O) groups is 1. The SMILES string of the molecule is COc1ccc(C=NNC(=O)c2cnccn2)c(OC)c1. The molecule has 0 aliphatic rings. The standard InChI is InChI=1S/C14H14N4O3/c1-20-11-4-3-10(13(7-11)21-2)8-17-18-14(19)12-9-15-5-6-16-12/h3-9H,1-2H3,(H,18,19). The van der Waals surface area contributed by atoms with E-state index in [1.54, 1.807) is 32.4 Å². The van der Waals surface area contributed by atoms with Gasteiger partial charge in [-0.05, 0) is 12.1 Å². The molecule has 1 heterocycles. The van der Waals surface area contributed by atoms with Crippen LogP contribution in [0.4, 0.5) is 0 Å². The van der Waals surface area contributed by atoms with Crippen molar-refractivity contribution >= 4 is 12.1 Å². The molecule has 21 heavy (non-hydrogen) atoms. The number of rotatable bonds is 5. The van der Waals surface area contributed by atoms with Gasteiger partial charge < -0.3 is 9.47 Å². The molecule has 0 saturated heterocycles. The maximum Gasteiger partial charge on any atom is 0.291 e. The second kappa shape index (κ2) is 6.99. The zero-order chi connectivity index (χ0) is 15.1. The average Bonchev–Trinajstić information content (AvgIpc) is 2.55. The summed E-state index contributed by atoms with van der Waals surface area (Å²) in [5.41, 5.74) is 3.27. The van der Waals surface area contributed by atoms with Gasteiger partial charge in [0.25, 0.3) is 5.91 Å². The van der Waals surface area contributed by atoms with Gasteiger partial charge in [0, 0.05) is 24.0 Å².